The van der Waals surface area contributed by atoms with Crippen LogP contribution < -0.4 is 11.3 Å². The van der Waals surface area contributed by atoms with E-state index in [2.05, 4.69) is 15.0 Å². The van der Waals surface area contributed by atoms with Gasteiger partial charge in [-0.3, -0.25) is 9.78 Å². The number of H-pyrrole nitrogens is 1. The molecule has 1 aliphatic heterocycles. The molecule has 0 radical (unpaired) electrons. The van der Waals surface area contributed by atoms with Crippen molar-refractivity contribution in [3.05, 3.63) is 40.7 Å². The summed E-state index contributed by atoms with van der Waals surface area (Å²) in [7, 11) is 1.85. The number of anilines is 1. The monoisotopic (exact) mass is 386 g/mol. The minimum atomic E-state index is -0.397. The van der Waals surface area contributed by atoms with Crippen molar-refractivity contribution < 1.29 is 14.6 Å². The van der Waals surface area contributed by atoms with Crippen molar-refractivity contribution in [2.24, 2.45) is 11.8 Å². The number of nitrogens with two attached hydrogens (primary N) is 1. The molecule has 2 aromatic rings. The van der Waals surface area contributed by atoms with Gasteiger partial charge in [-0.1, -0.05) is 6.08 Å². The van der Waals surface area contributed by atoms with Crippen molar-refractivity contribution in [3.8, 4) is 0 Å². The largest absolute Gasteiger partial charge is 0.462 e. The number of hydrogen-bond donors (Lipinski definition) is 3. The number of nitrogens with one attached hydrogen (secondary N) is 1. The lowest BCUT2D eigenvalue weighted by Gasteiger charge is -2.44. The van der Waals surface area contributed by atoms with Crippen molar-refractivity contribution in [3.63, 3.8) is 0 Å². The SMILES string of the molecule is CN1C=CCC(C(=O)OC[C@H]2C[C@@H](n3cnc4c(=O)[nH]c(N)nc43)[C@@H]2CO)=C1. The van der Waals surface area contributed by atoms with Gasteiger partial charge < -0.3 is 25.0 Å². The second-order valence-electron chi connectivity index (χ2n) is 7.19. The van der Waals surface area contributed by atoms with Gasteiger partial charge in [-0.2, -0.15) is 4.98 Å². The number of carbonyl (C=O) groups excluding carboxylic acids is 1. The average Bonchev–Trinajstić information content (AvgIpc) is 3.04. The Morgan fingerprint density at radius 3 is 3.07 bits per heavy atom. The van der Waals surface area contributed by atoms with Gasteiger partial charge in [0, 0.05) is 44.2 Å². The van der Waals surface area contributed by atoms with E-state index in [1.54, 1.807) is 15.7 Å². The van der Waals surface area contributed by atoms with Crippen LogP contribution >= 0.6 is 0 Å². The summed E-state index contributed by atoms with van der Waals surface area (Å²) in [6.07, 6.45) is 8.30. The molecule has 2 aromatic heterocycles. The highest BCUT2D eigenvalue weighted by molar-refractivity contribution is 5.88. The Morgan fingerprint density at radius 2 is 2.32 bits per heavy atom. The van der Waals surface area contributed by atoms with E-state index in [1.807, 2.05) is 19.3 Å². The number of carbonyl (C=O) groups is 1. The predicted molar refractivity (Wildman–Crippen MR) is 101 cm³/mol. The number of ether oxygens (including phenoxy) is 1. The summed E-state index contributed by atoms with van der Waals surface area (Å²) in [6.45, 7) is 0.160. The molecule has 3 heterocycles. The van der Waals surface area contributed by atoms with E-state index >= 15 is 0 Å². The molecular weight excluding hydrogens is 364 g/mol. The van der Waals surface area contributed by atoms with Crippen molar-refractivity contribution in [1.29, 1.82) is 0 Å². The molecule has 4 N–H and O–H groups in total. The maximum atomic E-state index is 12.3. The minimum absolute atomic E-state index is 0.0179. The predicted octanol–water partition coefficient (Wildman–Crippen LogP) is 0.148. The second-order valence-corrected chi connectivity index (χ2v) is 7.19. The number of imidazole rings is 1. The molecule has 1 aliphatic carbocycles. The Kier molecular flexibility index (Phi) is 4.63. The number of nitrogen functional groups attached to an aromatic ring is 1. The summed E-state index contributed by atoms with van der Waals surface area (Å²) in [5.41, 5.74) is 6.44. The number of rotatable bonds is 5. The molecule has 28 heavy (non-hydrogen) atoms. The number of aromatic amines is 1. The Morgan fingerprint density at radius 1 is 1.50 bits per heavy atom. The number of aliphatic hydroxyl groups excluding tert-OH is 1. The highest BCUT2D eigenvalue weighted by Gasteiger charge is 2.43. The van der Waals surface area contributed by atoms with Crippen molar-refractivity contribution in [2.45, 2.75) is 18.9 Å². The van der Waals surface area contributed by atoms with Crippen LogP contribution in [0, 0.1) is 11.8 Å². The molecule has 0 amide bonds. The van der Waals surface area contributed by atoms with Gasteiger partial charge in [0.1, 0.15) is 0 Å². The summed E-state index contributed by atoms with van der Waals surface area (Å²) >= 11 is 0. The fourth-order valence-corrected chi connectivity index (χ4v) is 3.85. The Bertz CT molecular complexity index is 1020. The molecular formula is C18H22N6O4. The quantitative estimate of drug-likeness (QED) is 0.617. The zero-order chi connectivity index (χ0) is 19.8. The smallest absolute Gasteiger partial charge is 0.335 e. The number of esters is 1. The van der Waals surface area contributed by atoms with Gasteiger partial charge in [-0.25, -0.2) is 9.78 Å². The van der Waals surface area contributed by atoms with Gasteiger partial charge in [-0.05, 0) is 12.6 Å². The first kappa shape index (κ1) is 18.2. The van der Waals surface area contributed by atoms with E-state index in [-0.39, 0.29) is 48.5 Å². The molecule has 10 nitrogen and oxygen atoms in total. The fraction of sp³-hybridized carbons (Fsp3) is 0.444. The van der Waals surface area contributed by atoms with Gasteiger partial charge in [0.05, 0.1) is 18.5 Å². The Hall–Kier alpha value is -3.14. The molecule has 4 rings (SSSR count). The van der Waals surface area contributed by atoms with Crippen LogP contribution in [0.2, 0.25) is 0 Å². The van der Waals surface area contributed by atoms with E-state index in [9.17, 15) is 14.7 Å². The van der Waals surface area contributed by atoms with Gasteiger partial charge in [-0.15, -0.1) is 0 Å². The Balaban J connectivity index is 1.44. The summed E-state index contributed by atoms with van der Waals surface area (Å²) in [4.78, 5) is 36.7. The third-order valence-electron chi connectivity index (χ3n) is 5.39. The van der Waals surface area contributed by atoms with Crippen LogP contribution in [0.4, 0.5) is 5.95 Å². The molecule has 2 aliphatic rings. The molecule has 148 valence electrons. The minimum Gasteiger partial charge on any atom is -0.462 e. The van der Waals surface area contributed by atoms with Crippen LogP contribution in [-0.2, 0) is 9.53 Å². The molecule has 0 saturated heterocycles. The topological polar surface area (TPSA) is 139 Å². The molecule has 0 spiro atoms. The maximum Gasteiger partial charge on any atom is 0.335 e. The molecule has 1 fully saturated rings. The third kappa shape index (κ3) is 3.15. The second kappa shape index (κ2) is 7.12. The number of allylic oxidation sites excluding steroid dienone is 1. The van der Waals surface area contributed by atoms with Crippen molar-refractivity contribution >= 4 is 23.1 Å². The van der Waals surface area contributed by atoms with Crippen LogP contribution in [0.1, 0.15) is 18.9 Å². The van der Waals surface area contributed by atoms with Crippen LogP contribution in [0.25, 0.3) is 11.2 Å². The van der Waals surface area contributed by atoms with Crippen LogP contribution in [0.5, 0.6) is 0 Å². The summed E-state index contributed by atoms with van der Waals surface area (Å²) in [5.74, 6) is -0.432. The highest BCUT2D eigenvalue weighted by atomic mass is 16.5. The van der Waals surface area contributed by atoms with Crippen molar-refractivity contribution in [1.82, 2.24) is 24.4 Å². The first-order valence-corrected chi connectivity index (χ1v) is 9.07. The first-order chi connectivity index (χ1) is 13.5. The van der Waals surface area contributed by atoms with E-state index in [4.69, 9.17) is 10.5 Å². The number of aliphatic hydroxyl groups is 1. The lowest BCUT2D eigenvalue weighted by Crippen LogP contribution is -2.43. The standard InChI is InChI=1S/C18H22N6O4/c1-23-4-2-3-10(6-23)17(27)28-8-11-5-13(12(11)7-25)24-9-20-14-15(24)21-18(19)22-16(14)26/h2,4,6,9,11-13,25H,3,5,7-8H2,1H3,(H3,19,21,22,26)/t11-,12-,13-/m1/s1. The summed E-state index contributed by atoms with van der Waals surface area (Å²) in [6, 6.07) is -0.0876. The zero-order valence-electron chi connectivity index (χ0n) is 15.4. The number of nitrogens with zero attached hydrogens (tertiary/aromatic N) is 4. The van der Waals surface area contributed by atoms with Crippen LogP contribution in [-0.4, -0.2) is 55.8 Å². The molecule has 0 aromatic carbocycles. The molecule has 3 atom stereocenters. The lowest BCUT2D eigenvalue weighted by molar-refractivity contribution is -0.144. The van der Waals surface area contributed by atoms with E-state index < -0.39 is 5.56 Å². The fourth-order valence-electron chi connectivity index (χ4n) is 3.85. The summed E-state index contributed by atoms with van der Waals surface area (Å²) in [5, 5.41) is 9.84. The zero-order valence-corrected chi connectivity index (χ0v) is 15.4. The number of aromatic nitrogens is 4. The maximum absolute atomic E-state index is 12.3. The highest BCUT2D eigenvalue weighted by Crippen LogP contribution is 2.44. The summed E-state index contributed by atoms with van der Waals surface area (Å²) < 4.78 is 7.23. The van der Waals surface area contributed by atoms with E-state index in [0.29, 0.717) is 24.1 Å². The van der Waals surface area contributed by atoms with E-state index in [0.717, 1.165) is 0 Å². The first-order valence-electron chi connectivity index (χ1n) is 9.07. The van der Waals surface area contributed by atoms with Crippen LogP contribution in [0.3, 0.4) is 0 Å². The molecule has 0 unspecified atom stereocenters. The van der Waals surface area contributed by atoms with Gasteiger partial charge in [0.25, 0.3) is 5.56 Å². The average molecular weight is 386 g/mol. The van der Waals surface area contributed by atoms with Crippen LogP contribution in [0.15, 0.2) is 35.2 Å². The molecule has 10 heteroatoms. The van der Waals surface area contributed by atoms with Gasteiger partial charge >= 0.3 is 5.97 Å². The number of hydrogen-bond acceptors (Lipinski definition) is 8. The third-order valence-corrected chi connectivity index (χ3v) is 5.39. The Labute approximate surface area is 160 Å². The number of fused-ring (bicyclic) bond motifs is 1. The van der Waals surface area contributed by atoms with Gasteiger partial charge in [0.15, 0.2) is 11.2 Å². The van der Waals surface area contributed by atoms with Gasteiger partial charge in [0.2, 0.25) is 5.95 Å². The van der Waals surface area contributed by atoms with Crippen molar-refractivity contribution in [2.75, 3.05) is 26.0 Å². The molecule has 1 saturated carbocycles. The normalized spacial score (nSPS) is 24.1. The lowest BCUT2D eigenvalue weighted by atomic mass is 9.70. The molecule has 0 bridgehead atoms. The van der Waals surface area contributed by atoms with E-state index in [1.165, 1.54) is 6.33 Å².